The van der Waals surface area contributed by atoms with Gasteiger partial charge in [-0.05, 0) is 42.5 Å². The zero-order valence-electron chi connectivity index (χ0n) is 20.4. The summed E-state index contributed by atoms with van der Waals surface area (Å²) in [4.78, 5) is 33.3. The summed E-state index contributed by atoms with van der Waals surface area (Å²) in [6.45, 7) is 2.12. The van der Waals surface area contributed by atoms with Crippen molar-refractivity contribution in [2.45, 2.75) is 0 Å². The normalized spacial score (nSPS) is 13.6. The van der Waals surface area contributed by atoms with Gasteiger partial charge in [-0.2, -0.15) is 9.97 Å². The molecule has 3 N–H and O–H groups in total. The Morgan fingerprint density at radius 2 is 1.73 bits per heavy atom. The van der Waals surface area contributed by atoms with Gasteiger partial charge >= 0.3 is 0 Å². The molecule has 1 saturated heterocycles. The minimum absolute atomic E-state index is 0.0413. The summed E-state index contributed by atoms with van der Waals surface area (Å²) in [5.74, 6) is 3.09. The standard InChI is InChI=1S/C25H26ClN7O4/c1-35-18-8-3-15(13-19(18)36-2)22-28-21-23(29-22)30-25(27)31-24(21)33-11-9-32(10-12-33)20(34)14-37-17-6-4-16(26)5-7-17/h3-8,13H,9-12,14H2,1-2H3,(H3,27,28,29,30,31). The largest absolute Gasteiger partial charge is 0.493 e. The molecule has 2 aromatic carbocycles. The van der Waals surface area contributed by atoms with Crippen molar-refractivity contribution < 1.29 is 19.0 Å². The van der Waals surface area contributed by atoms with Crippen LogP contribution in [0.5, 0.6) is 17.2 Å². The van der Waals surface area contributed by atoms with Crippen molar-refractivity contribution in [3.8, 4) is 28.6 Å². The minimum atomic E-state index is -0.0857. The first-order valence-electron chi connectivity index (χ1n) is 11.6. The van der Waals surface area contributed by atoms with Crippen LogP contribution in [0.25, 0.3) is 22.6 Å². The van der Waals surface area contributed by atoms with Crippen molar-refractivity contribution in [1.82, 2.24) is 24.8 Å². The number of nitrogens with one attached hydrogen (secondary N) is 1. The molecule has 11 nitrogen and oxygen atoms in total. The van der Waals surface area contributed by atoms with Gasteiger partial charge in [-0.3, -0.25) is 4.79 Å². The summed E-state index contributed by atoms with van der Waals surface area (Å²) in [6.07, 6.45) is 0. The third kappa shape index (κ3) is 5.17. The van der Waals surface area contributed by atoms with Gasteiger partial charge in [0, 0.05) is 36.8 Å². The molecule has 5 rings (SSSR count). The predicted octanol–water partition coefficient (Wildman–Crippen LogP) is 3.00. The molecule has 4 aromatic rings. The molecule has 2 aromatic heterocycles. The highest BCUT2D eigenvalue weighted by molar-refractivity contribution is 6.30. The Morgan fingerprint density at radius 3 is 2.43 bits per heavy atom. The van der Waals surface area contributed by atoms with Crippen LogP contribution >= 0.6 is 11.6 Å². The van der Waals surface area contributed by atoms with Crippen LogP contribution in [0.3, 0.4) is 0 Å². The lowest BCUT2D eigenvalue weighted by molar-refractivity contribution is -0.133. The van der Waals surface area contributed by atoms with E-state index in [1.165, 1.54) is 0 Å². The highest BCUT2D eigenvalue weighted by Crippen LogP contribution is 2.33. The molecule has 0 bridgehead atoms. The number of rotatable bonds is 7. The number of ether oxygens (including phenoxy) is 3. The second-order valence-electron chi connectivity index (χ2n) is 8.37. The number of amides is 1. The Hall–Kier alpha value is -4.25. The maximum absolute atomic E-state index is 12.7. The van der Waals surface area contributed by atoms with Crippen LogP contribution < -0.4 is 24.8 Å². The zero-order chi connectivity index (χ0) is 25.9. The highest BCUT2D eigenvalue weighted by atomic mass is 35.5. The topological polar surface area (TPSA) is 132 Å². The fraction of sp³-hybridized carbons (Fsp3) is 0.280. The summed E-state index contributed by atoms with van der Waals surface area (Å²) >= 11 is 5.89. The number of nitrogen functional groups attached to an aromatic ring is 1. The first-order chi connectivity index (χ1) is 17.9. The number of imidazole rings is 1. The van der Waals surface area contributed by atoms with E-state index in [1.54, 1.807) is 43.4 Å². The van der Waals surface area contributed by atoms with Gasteiger partial charge in [0.1, 0.15) is 11.6 Å². The lowest BCUT2D eigenvalue weighted by Crippen LogP contribution is -2.50. The van der Waals surface area contributed by atoms with Crippen LogP contribution in [-0.2, 0) is 4.79 Å². The van der Waals surface area contributed by atoms with Crippen molar-refractivity contribution in [2.75, 3.05) is 57.6 Å². The molecule has 3 heterocycles. The van der Waals surface area contributed by atoms with Crippen LogP contribution in [0.4, 0.5) is 11.8 Å². The second kappa shape index (κ2) is 10.4. The number of carbonyl (C=O) groups excluding carboxylic acids is 1. The number of nitrogens with two attached hydrogens (primary N) is 1. The first-order valence-corrected chi connectivity index (χ1v) is 12.0. The fourth-order valence-electron chi connectivity index (χ4n) is 4.18. The summed E-state index contributed by atoms with van der Waals surface area (Å²) in [5, 5.41) is 0.613. The van der Waals surface area contributed by atoms with Crippen molar-refractivity contribution in [3.05, 3.63) is 47.5 Å². The monoisotopic (exact) mass is 523 g/mol. The first kappa shape index (κ1) is 24.4. The van der Waals surface area contributed by atoms with Crippen LogP contribution in [0.15, 0.2) is 42.5 Å². The highest BCUT2D eigenvalue weighted by Gasteiger charge is 2.25. The average Bonchev–Trinajstić information content (AvgIpc) is 3.35. The zero-order valence-corrected chi connectivity index (χ0v) is 21.2. The van der Waals surface area contributed by atoms with E-state index in [4.69, 9.17) is 36.5 Å². The van der Waals surface area contributed by atoms with E-state index in [1.807, 2.05) is 18.2 Å². The van der Waals surface area contributed by atoms with E-state index < -0.39 is 0 Å². The van der Waals surface area contributed by atoms with Gasteiger partial charge in [-0.25, -0.2) is 4.98 Å². The van der Waals surface area contributed by atoms with Gasteiger partial charge in [-0.15, -0.1) is 0 Å². The molecule has 1 fully saturated rings. The van der Waals surface area contributed by atoms with Gasteiger partial charge in [-0.1, -0.05) is 11.6 Å². The molecule has 1 amide bonds. The SMILES string of the molecule is COc1ccc(-c2nc3c(N4CCN(C(=O)COc5ccc(Cl)cc5)CC4)nc(N)nc3[nH]2)cc1OC. The van der Waals surface area contributed by atoms with E-state index in [2.05, 4.69) is 19.9 Å². The van der Waals surface area contributed by atoms with Crippen LogP contribution in [0, 0.1) is 0 Å². The Bertz CT molecular complexity index is 1420. The lowest BCUT2D eigenvalue weighted by atomic mass is 10.2. The number of anilines is 2. The smallest absolute Gasteiger partial charge is 0.260 e. The number of H-pyrrole nitrogens is 1. The number of carbonyl (C=O) groups is 1. The number of hydrogen-bond donors (Lipinski definition) is 2. The van der Waals surface area contributed by atoms with Gasteiger partial charge in [0.05, 0.1) is 14.2 Å². The summed E-state index contributed by atoms with van der Waals surface area (Å²) in [6, 6.07) is 12.4. The Morgan fingerprint density at radius 1 is 1.00 bits per heavy atom. The number of aromatic nitrogens is 4. The van der Waals surface area contributed by atoms with E-state index >= 15 is 0 Å². The molecule has 0 radical (unpaired) electrons. The predicted molar refractivity (Wildman–Crippen MR) is 140 cm³/mol. The molecular formula is C25H26ClN7O4. The Kier molecular flexibility index (Phi) is 6.87. The molecule has 0 unspecified atom stereocenters. The van der Waals surface area contributed by atoms with Gasteiger partial charge in [0.2, 0.25) is 5.95 Å². The molecule has 0 aliphatic carbocycles. The van der Waals surface area contributed by atoms with E-state index in [9.17, 15) is 4.79 Å². The summed E-state index contributed by atoms with van der Waals surface area (Å²) in [7, 11) is 3.17. The molecule has 1 aliphatic rings. The van der Waals surface area contributed by atoms with Gasteiger partial charge < -0.3 is 34.7 Å². The molecule has 1 aliphatic heterocycles. The van der Waals surface area contributed by atoms with Crippen molar-refractivity contribution in [3.63, 3.8) is 0 Å². The average molecular weight is 524 g/mol. The lowest BCUT2D eigenvalue weighted by Gasteiger charge is -2.35. The molecule has 0 spiro atoms. The second-order valence-corrected chi connectivity index (χ2v) is 8.80. The van der Waals surface area contributed by atoms with E-state index in [0.717, 1.165) is 5.56 Å². The molecular weight excluding hydrogens is 498 g/mol. The maximum Gasteiger partial charge on any atom is 0.260 e. The molecule has 0 saturated carbocycles. The van der Waals surface area contributed by atoms with E-state index in [-0.39, 0.29) is 18.5 Å². The number of piperazine rings is 1. The number of halogens is 1. The Labute approximate surface area is 218 Å². The van der Waals surface area contributed by atoms with Gasteiger partial charge in [0.25, 0.3) is 5.91 Å². The molecule has 12 heteroatoms. The van der Waals surface area contributed by atoms with E-state index in [0.29, 0.717) is 71.3 Å². The van der Waals surface area contributed by atoms with Crippen LogP contribution in [0.1, 0.15) is 0 Å². The van der Waals surface area contributed by atoms with Crippen molar-refractivity contribution >= 4 is 40.4 Å². The summed E-state index contributed by atoms with van der Waals surface area (Å²) in [5.41, 5.74) is 7.95. The number of benzene rings is 2. The number of aromatic amines is 1. The minimum Gasteiger partial charge on any atom is -0.493 e. The number of nitrogens with zero attached hydrogens (tertiary/aromatic N) is 5. The Balaban J connectivity index is 1.30. The number of methoxy groups -OCH3 is 2. The summed E-state index contributed by atoms with van der Waals surface area (Å²) < 4.78 is 16.3. The third-order valence-electron chi connectivity index (χ3n) is 6.11. The van der Waals surface area contributed by atoms with Crippen molar-refractivity contribution in [1.29, 1.82) is 0 Å². The molecule has 0 atom stereocenters. The quantitative estimate of drug-likeness (QED) is 0.375. The fourth-order valence-corrected chi connectivity index (χ4v) is 4.30. The molecule has 37 heavy (non-hydrogen) atoms. The van der Waals surface area contributed by atoms with Crippen LogP contribution in [0.2, 0.25) is 5.02 Å². The number of hydrogen-bond acceptors (Lipinski definition) is 9. The molecule has 192 valence electrons. The van der Waals surface area contributed by atoms with Gasteiger partial charge in [0.15, 0.2) is 35.1 Å². The van der Waals surface area contributed by atoms with Crippen LogP contribution in [-0.4, -0.2) is 77.7 Å². The third-order valence-corrected chi connectivity index (χ3v) is 6.36. The maximum atomic E-state index is 12.7. The van der Waals surface area contributed by atoms with Crippen molar-refractivity contribution in [2.24, 2.45) is 0 Å². The number of fused-ring (bicyclic) bond motifs is 1.